The molecule has 0 radical (unpaired) electrons. The van der Waals surface area contributed by atoms with Gasteiger partial charge in [-0.2, -0.15) is 9.40 Å². The number of carbonyl (C=O) groups excluding carboxylic acids is 1. The summed E-state index contributed by atoms with van der Waals surface area (Å²) in [7, 11) is -3.61. The topological polar surface area (TPSA) is 102 Å². The van der Waals surface area contributed by atoms with Crippen LogP contribution >= 0.6 is 0 Å². The van der Waals surface area contributed by atoms with Crippen molar-refractivity contribution in [2.45, 2.75) is 31.6 Å². The molecule has 0 atom stereocenters. The number of hydrogen-bond donors (Lipinski definition) is 2. The van der Waals surface area contributed by atoms with Crippen LogP contribution in [-0.4, -0.2) is 64.9 Å². The summed E-state index contributed by atoms with van der Waals surface area (Å²) in [6.45, 7) is 5.06. The molecule has 2 aromatic heterocycles. The molecule has 3 rings (SSSR count). The molecule has 0 aromatic carbocycles. The second-order valence-electron chi connectivity index (χ2n) is 6.30. The van der Waals surface area contributed by atoms with E-state index in [-0.39, 0.29) is 10.8 Å². The van der Waals surface area contributed by atoms with E-state index < -0.39 is 10.0 Å². The zero-order chi connectivity index (χ0) is 18.0. The summed E-state index contributed by atoms with van der Waals surface area (Å²) in [6, 6.07) is 1.87. The van der Waals surface area contributed by atoms with Gasteiger partial charge in [0.2, 0.25) is 15.9 Å². The van der Waals surface area contributed by atoms with E-state index in [1.54, 1.807) is 31.1 Å². The Morgan fingerprint density at radius 1 is 1.24 bits per heavy atom. The Labute approximate surface area is 147 Å². The number of H-pyrrole nitrogens is 2. The van der Waals surface area contributed by atoms with E-state index in [4.69, 9.17) is 0 Å². The summed E-state index contributed by atoms with van der Waals surface area (Å²) >= 11 is 0. The second-order valence-corrected chi connectivity index (χ2v) is 8.17. The standard InChI is InChI=1S/C16H23N5O3S/c1-12-16(13(2)19-18-12)25(23,24)21-7-3-6-20(8-9-21)15(22)10-14-4-5-17-11-14/h4-5,11,17H,3,6-10H2,1-2H3,(H,18,19). The molecule has 9 heteroatoms. The fourth-order valence-corrected chi connectivity index (χ4v) is 4.99. The number of carbonyl (C=O) groups is 1. The summed E-state index contributed by atoms with van der Waals surface area (Å²) in [5.74, 6) is 0.0227. The predicted octanol–water partition coefficient (Wildman–Crippen LogP) is 0.820. The first-order valence-corrected chi connectivity index (χ1v) is 9.75. The Hall–Kier alpha value is -2.13. The molecule has 3 heterocycles. The first-order chi connectivity index (χ1) is 11.9. The van der Waals surface area contributed by atoms with E-state index in [1.165, 1.54) is 4.31 Å². The number of aromatic nitrogens is 3. The average molecular weight is 365 g/mol. The van der Waals surface area contributed by atoms with E-state index in [9.17, 15) is 13.2 Å². The molecule has 2 aromatic rings. The summed E-state index contributed by atoms with van der Waals surface area (Å²) < 4.78 is 27.3. The van der Waals surface area contributed by atoms with Gasteiger partial charge >= 0.3 is 0 Å². The molecule has 8 nitrogen and oxygen atoms in total. The quantitative estimate of drug-likeness (QED) is 0.837. The lowest BCUT2D eigenvalue weighted by molar-refractivity contribution is -0.130. The summed E-state index contributed by atoms with van der Waals surface area (Å²) in [6.07, 6.45) is 4.54. The normalized spacial score (nSPS) is 16.8. The molecule has 1 aliphatic rings. The molecule has 2 N–H and O–H groups in total. The Kier molecular flexibility index (Phi) is 4.96. The fourth-order valence-electron chi connectivity index (χ4n) is 3.19. The zero-order valence-electron chi connectivity index (χ0n) is 14.4. The monoisotopic (exact) mass is 365 g/mol. The van der Waals surface area contributed by atoms with Crippen molar-refractivity contribution in [3.05, 3.63) is 35.4 Å². The van der Waals surface area contributed by atoms with Crippen molar-refractivity contribution in [1.82, 2.24) is 24.4 Å². The van der Waals surface area contributed by atoms with Crippen molar-refractivity contribution in [3.63, 3.8) is 0 Å². The van der Waals surface area contributed by atoms with Crippen LogP contribution in [0.1, 0.15) is 23.4 Å². The van der Waals surface area contributed by atoms with Crippen LogP contribution < -0.4 is 0 Å². The summed E-state index contributed by atoms with van der Waals surface area (Å²) in [4.78, 5) is 17.4. The second kappa shape index (κ2) is 7.01. The lowest BCUT2D eigenvalue weighted by Gasteiger charge is -2.22. The number of hydrogen-bond acceptors (Lipinski definition) is 4. The summed E-state index contributed by atoms with van der Waals surface area (Å²) in [5, 5.41) is 6.71. The zero-order valence-corrected chi connectivity index (χ0v) is 15.3. The van der Waals surface area contributed by atoms with E-state index in [0.717, 1.165) is 5.56 Å². The lowest BCUT2D eigenvalue weighted by atomic mass is 10.2. The highest BCUT2D eigenvalue weighted by Crippen LogP contribution is 2.22. The molecular formula is C16H23N5O3S. The molecule has 0 bridgehead atoms. The Bertz CT molecular complexity index is 822. The van der Waals surface area contributed by atoms with Crippen LogP contribution in [0.2, 0.25) is 0 Å². The van der Waals surface area contributed by atoms with Crippen LogP contribution in [0.15, 0.2) is 23.4 Å². The maximum absolute atomic E-state index is 12.9. The van der Waals surface area contributed by atoms with E-state index in [2.05, 4.69) is 15.2 Å². The highest BCUT2D eigenvalue weighted by Gasteiger charge is 2.31. The first kappa shape index (κ1) is 17.7. The third kappa shape index (κ3) is 3.62. The van der Waals surface area contributed by atoms with Crippen molar-refractivity contribution in [2.75, 3.05) is 26.2 Å². The lowest BCUT2D eigenvalue weighted by Crippen LogP contribution is -2.38. The van der Waals surface area contributed by atoms with Gasteiger partial charge in [0.15, 0.2) is 0 Å². The first-order valence-electron chi connectivity index (χ1n) is 8.31. The van der Waals surface area contributed by atoms with Crippen LogP contribution in [0.4, 0.5) is 0 Å². The number of aryl methyl sites for hydroxylation is 2. The molecule has 0 saturated carbocycles. The molecule has 0 unspecified atom stereocenters. The smallest absolute Gasteiger partial charge is 0.246 e. The van der Waals surface area contributed by atoms with E-state index in [1.807, 2.05) is 6.07 Å². The molecule has 1 amide bonds. The molecule has 1 aliphatic heterocycles. The Morgan fingerprint density at radius 3 is 2.68 bits per heavy atom. The van der Waals surface area contributed by atoms with Gasteiger partial charge in [0, 0.05) is 38.6 Å². The van der Waals surface area contributed by atoms with Gasteiger partial charge in [0.1, 0.15) is 4.90 Å². The van der Waals surface area contributed by atoms with Gasteiger partial charge < -0.3 is 9.88 Å². The molecule has 0 aliphatic carbocycles. The number of sulfonamides is 1. The van der Waals surface area contributed by atoms with Crippen molar-refractivity contribution in [3.8, 4) is 0 Å². The van der Waals surface area contributed by atoms with Crippen molar-refractivity contribution >= 4 is 15.9 Å². The highest BCUT2D eigenvalue weighted by atomic mass is 32.2. The fraction of sp³-hybridized carbons (Fsp3) is 0.500. The average Bonchev–Trinajstić information content (AvgIpc) is 3.09. The van der Waals surface area contributed by atoms with Crippen molar-refractivity contribution in [2.24, 2.45) is 0 Å². The number of rotatable bonds is 4. The number of aromatic amines is 2. The maximum atomic E-state index is 12.9. The van der Waals surface area contributed by atoms with Crippen LogP contribution in [0.5, 0.6) is 0 Å². The molecular weight excluding hydrogens is 342 g/mol. The SMILES string of the molecule is Cc1n[nH]c(C)c1S(=O)(=O)N1CCCN(C(=O)Cc2cc[nH]c2)CC1. The largest absolute Gasteiger partial charge is 0.367 e. The maximum Gasteiger partial charge on any atom is 0.246 e. The van der Waals surface area contributed by atoms with Gasteiger partial charge in [-0.25, -0.2) is 8.42 Å². The van der Waals surface area contributed by atoms with E-state index >= 15 is 0 Å². The van der Waals surface area contributed by atoms with Gasteiger partial charge in [-0.3, -0.25) is 9.89 Å². The Balaban J connectivity index is 1.70. The van der Waals surface area contributed by atoms with Gasteiger partial charge in [-0.1, -0.05) is 0 Å². The summed E-state index contributed by atoms with van der Waals surface area (Å²) in [5.41, 5.74) is 1.95. The molecule has 136 valence electrons. The third-order valence-corrected chi connectivity index (χ3v) is 6.65. The molecule has 1 saturated heterocycles. The van der Waals surface area contributed by atoms with Gasteiger partial charge in [-0.05, 0) is 31.9 Å². The molecule has 25 heavy (non-hydrogen) atoms. The highest BCUT2D eigenvalue weighted by molar-refractivity contribution is 7.89. The van der Waals surface area contributed by atoms with Crippen LogP contribution in [-0.2, 0) is 21.2 Å². The van der Waals surface area contributed by atoms with Gasteiger partial charge in [-0.15, -0.1) is 0 Å². The molecule has 0 spiro atoms. The third-order valence-electron chi connectivity index (χ3n) is 4.48. The minimum Gasteiger partial charge on any atom is -0.367 e. The van der Waals surface area contributed by atoms with E-state index in [0.29, 0.717) is 50.4 Å². The van der Waals surface area contributed by atoms with Crippen molar-refractivity contribution in [1.29, 1.82) is 0 Å². The predicted molar refractivity (Wildman–Crippen MR) is 92.5 cm³/mol. The minimum atomic E-state index is -3.61. The van der Waals surface area contributed by atoms with Crippen LogP contribution in [0, 0.1) is 13.8 Å². The number of nitrogens with one attached hydrogen (secondary N) is 2. The number of nitrogens with zero attached hydrogens (tertiary/aromatic N) is 3. The molecule has 1 fully saturated rings. The van der Waals surface area contributed by atoms with Crippen molar-refractivity contribution < 1.29 is 13.2 Å². The number of amides is 1. The van der Waals surface area contributed by atoms with Gasteiger partial charge in [0.25, 0.3) is 0 Å². The minimum absolute atomic E-state index is 0.0227. The Morgan fingerprint density at radius 2 is 2.04 bits per heavy atom. The van der Waals surface area contributed by atoms with Crippen LogP contribution in [0.25, 0.3) is 0 Å². The van der Waals surface area contributed by atoms with Gasteiger partial charge in [0.05, 0.1) is 17.8 Å². The van der Waals surface area contributed by atoms with Crippen LogP contribution in [0.3, 0.4) is 0 Å².